The molecule has 0 atom stereocenters. The summed E-state index contributed by atoms with van der Waals surface area (Å²) in [7, 11) is 0. The van der Waals surface area contributed by atoms with Crippen LogP contribution in [0.5, 0.6) is 0 Å². The zero-order valence-electron chi connectivity index (χ0n) is 11.0. The summed E-state index contributed by atoms with van der Waals surface area (Å²) in [4.78, 5) is 26.4. The molecule has 20 heavy (non-hydrogen) atoms. The number of hydrogen-bond donors (Lipinski definition) is 3. The van der Waals surface area contributed by atoms with Gasteiger partial charge in [-0.25, -0.2) is 4.98 Å². The number of carbonyl (C=O) groups is 2. The molecule has 0 unspecified atom stereocenters. The average molecular weight is 273 g/mol. The van der Waals surface area contributed by atoms with Gasteiger partial charge in [0.05, 0.1) is 13.1 Å². The molecule has 0 spiro atoms. The summed E-state index contributed by atoms with van der Waals surface area (Å²) in [6.45, 7) is 1.54. The Morgan fingerprint density at radius 3 is 2.65 bits per heavy atom. The third-order valence-electron chi connectivity index (χ3n) is 2.51. The smallest absolute Gasteiger partial charge is 0.239 e. The Balaban J connectivity index is 1.87. The van der Waals surface area contributed by atoms with E-state index >= 15 is 0 Å². The second kappa shape index (κ2) is 6.46. The molecule has 0 saturated carbocycles. The molecule has 0 fully saturated rings. The molecule has 0 radical (unpaired) electrons. The van der Waals surface area contributed by atoms with Crippen molar-refractivity contribution in [3.05, 3.63) is 36.2 Å². The molecule has 1 heterocycles. The first kappa shape index (κ1) is 13.7. The zero-order valence-corrected chi connectivity index (χ0v) is 11.0. The summed E-state index contributed by atoms with van der Waals surface area (Å²) >= 11 is 0. The summed E-state index contributed by atoms with van der Waals surface area (Å²) < 4.78 is 0. The van der Waals surface area contributed by atoms with E-state index < -0.39 is 0 Å². The fourth-order valence-corrected chi connectivity index (χ4v) is 1.54. The Labute approximate surface area is 115 Å². The monoisotopic (exact) mass is 273 g/mol. The molecular weight excluding hydrogens is 258 g/mol. The first-order chi connectivity index (χ1) is 9.65. The van der Waals surface area contributed by atoms with Crippen LogP contribution in [-0.2, 0) is 16.1 Å². The molecule has 0 saturated heterocycles. The van der Waals surface area contributed by atoms with Gasteiger partial charge in [-0.2, -0.15) is 5.10 Å². The molecule has 0 aliphatic carbocycles. The Bertz CT molecular complexity index is 594. The molecule has 104 valence electrons. The number of rotatable bonds is 5. The minimum Gasteiger partial charge on any atom is -0.347 e. The van der Waals surface area contributed by atoms with Crippen LogP contribution in [0, 0.1) is 0 Å². The second-order valence-electron chi connectivity index (χ2n) is 4.16. The van der Waals surface area contributed by atoms with Crippen molar-refractivity contribution in [1.82, 2.24) is 25.8 Å². The van der Waals surface area contributed by atoms with Crippen LogP contribution in [0.4, 0.5) is 0 Å². The van der Waals surface area contributed by atoms with Crippen molar-refractivity contribution in [3.63, 3.8) is 0 Å². The Hall–Kier alpha value is -2.70. The van der Waals surface area contributed by atoms with E-state index in [2.05, 4.69) is 25.8 Å². The van der Waals surface area contributed by atoms with Gasteiger partial charge in [-0.05, 0) is 0 Å². The summed E-state index contributed by atoms with van der Waals surface area (Å²) in [5.74, 6) is 0.612. The summed E-state index contributed by atoms with van der Waals surface area (Å²) in [5.41, 5.74) is 0.902. The third kappa shape index (κ3) is 3.91. The van der Waals surface area contributed by atoms with Crippen LogP contribution in [-0.4, -0.2) is 33.5 Å². The summed E-state index contributed by atoms with van der Waals surface area (Å²) in [6, 6.07) is 9.53. The maximum Gasteiger partial charge on any atom is 0.239 e. The molecule has 0 aliphatic heterocycles. The number of amides is 2. The molecule has 1 aromatic carbocycles. The lowest BCUT2D eigenvalue weighted by Crippen LogP contribution is -2.35. The topological polar surface area (TPSA) is 99.8 Å². The van der Waals surface area contributed by atoms with Crippen LogP contribution >= 0.6 is 0 Å². The predicted octanol–water partition coefficient (Wildman–Crippen LogP) is 0.224. The van der Waals surface area contributed by atoms with Gasteiger partial charge in [0.1, 0.15) is 5.82 Å². The van der Waals surface area contributed by atoms with Crippen molar-refractivity contribution >= 4 is 11.8 Å². The number of nitrogens with one attached hydrogen (secondary N) is 3. The number of H-pyrrole nitrogens is 1. The molecule has 0 aliphatic rings. The number of aromatic amines is 1. The van der Waals surface area contributed by atoms with Gasteiger partial charge in [0.25, 0.3) is 0 Å². The van der Waals surface area contributed by atoms with Crippen LogP contribution in [0.1, 0.15) is 12.7 Å². The number of aromatic nitrogens is 3. The number of carbonyl (C=O) groups excluding carboxylic acids is 2. The van der Waals surface area contributed by atoms with Crippen LogP contribution in [0.25, 0.3) is 11.4 Å². The van der Waals surface area contributed by atoms with Gasteiger partial charge < -0.3 is 10.6 Å². The second-order valence-corrected chi connectivity index (χ2v) is 4.16. The molecule has 1 aromatic heterocycles. The van der Waals surface area contributed by atoms with E-state index in [1.807, 2.05) is 30.3 Å². The third-order valence-corrected chi connectivity index (χ3v) is 2.51. The van der Waals surface area contributed by atoms with Gasteiger partial charge in [-0.15, -0.1) is 0 Å². The summed E-state index contributed by atoms with van der Waals surface area (Å²) in [5, 5.41) is 11.9. The van der Waals surface area contributed by atoms with E-state index in [1.54, 1.807) is 0 Å². The van der Waals surface area contributed by atoms with Crippen LogP contribution in [0.15, 0.2) is 30.3 Å². The van der Waals surface area contributed by atoms with Gasteiger partial charge in [-0.3, -0.25) is 14.7 Å². The maximum atomic E-state index is 11.4. The predicted molar refractivity (Wildman–Crippen MR) is 72.3 cm³/mol. The van der Waals surface area contributed by atoms with E-state index in [0.717, 1.165) is 5.56 Å². The lowest BCUT2D eigenvalue weighted by atomic mass is 10.2. The highest BCUT2D eigenvalue weighted by Crippen LogP contribution is 2.12. The number of hydrogen-bond acceptors (Lipinski definition) is 4. The van der Waals surface area contributed by atoms with Crippen molar-refractivity contribution in [2.24, 2.45) is 0 Å². The highest BCUT2D eigenvalue weighted by Gasteiger charge is 2.07. The lowest BCUT2D eigenvalue weighted by molar-refractivity contribution is -0.125. The van der Waals surface area contributed by atoms with Gasteiger partial charge in [-0.1, -0.05) is 30.3 Å². The van der Waals surface area contributed by atoms with Crippen molar-refractivity contribution < 1.29 is 9.59 Å². The van der Waals surface area contributed by atoms with E-state index in [9.17, 15) is 9.59 Å². The van der Waals surface area contributed by atoms with Gasteiger partial charge in [0.15, 0.2) is 5.82 Å². The molecule has 2 amide bonds. The molecule has 7 heteroatoms. The minimum absolute atomic E-state index is 0.0466. The fourth-order valence-electron chi connectivity index (χ4n) is 1.54. The number of nitrogens with zero attached hydrogens (tertiary/aromatic N) is 2. The lowest BCUT2D eigenvalue weighted by Gasteiger charge is -2.02. The summed E-state index contributed by atoms with van der Waals surface area (Å²) in [6.07, 6.45) is 0. The highest BCUT2D eigenvalue weighted by atomic mass is 16.2. The van der Waals surface area contributed by atoms with Gasteiger partial charge >= 0.3 is 0 Å². The quantitative estimate of drug-likeness (QED) is 0.725. The van der Waals surface area contributed by atoms with Crippen molar-refractivity contribution in [1.29, 1.82) is 0 Å². The average Bonchev–Trinajstić information content (AvgIpc) is 2.93. The van der Waals surface area contributed by atoms with E-state index in [4.69, 9.17) is 0 Å². The largest absolute Gasteiger partial charge is 0.347 e. The zero-order chi connectivity index (χ0) is 14.4. The van der Waals surface area contributed by atoms with Gasteiger partial charge in [0, 0.05) is 12.5 Å². The maximum absolute atomic E-state index is 11.4. The van der Waals surface area contributed by atoms with Crippen LogP contribution < -0.4 is 10.6 Å². The molecule has 0 bridgehead atoms. The normalized spacial score (nSPS) is 10.1. The van der Waals surface area contributed by atoms with Gasteiger partial charge in [0.2, 0.25) is 11.8 Å². The van der Waals surface area contributed by atoms with Crippen molar-refractivity contribution in [2.45, 2.75) is 13.5 Å². The van der Waals surface area contributed by atoms with Crippen LogP contribution in [0.2, 0.25) is 0 Å². The standard InChI is InChI=1S/C13H15N5O2/c1-9(19)14-8-12(20)15-7-11-16-13(18-17-11)10-5-3-2-4-6-10/h2-6H,7-8H2,1H3,(H,14,19)(H,15,20)(H,16,17,18). The molecule has 7 nitrogen and oxygen atoms in total. The molecule has 2 aromatic rings. The fraction of sp³-hybridized carbons (Fsp3) is 0.231. The highest BCUT2D eigenvalue weighted by molar-refractivity contribution is 5.83. The SMILES string of the molecule is CC(=O)NCC(=O)NCc1nc(-c2ccccc2)n[nH]1. The Kier molecular flexibility index (Phi) is 4.43. The van der Waals surface area contributed by atoms with E-state index in [-0.39, 0.29) is 24.9 Å². The van der Waals surface area contributed by atoms with E-state index in [1.165, 1.54) is 6.92 Å². The van der Waals surface area contributed by atoms with E-state index in [0.29, 0.717) is 11.6 Å². The Morgan fingerprint density at radius 1 is 1.20 bits per heavy atom. The van der Waals surface area contributed by atoms with Crippen LogP contribution in [0.3, 0.4) is 0 Å². The first-order valence-electron chi connectivity index (χ1n) is 6.13. The number of benzene rings is 1. The minimum atomic E-state index is -0.280. The first-order valence-corrected chi connectivity index (χ1v) is 6.13. The van der Waals surface area contributed by atoms with Crippen molar-refractivity contribution in [3.8, 4) is 11.4 Å². The molecule has 3 N–H and O–H groups in total. The Morgan fingerprint density at radius 2 is 1.95 bits per heavy atom. The molecule has 2 rings (SSSR count). The van der Waals surface area contributed by atoms with Crippen molar-refractivity contribution in [2.75, 3.05) is 6.54 Å². The molecular formula is C13H15N5O2.